The van der Waals surface area contributed by atoms with E-state index in [4.69, 9.17) is 4.74 Å². The molecule has 2 aliphatic rings. The Balaban J connectivity index is 1.46. The summed E-state index contributed by atoms with van der Waals surface area (Å²) in [6.07, 6.45) is 3.58. The molecule has 0 N–H and O–H groups in total. The van der Waals surface area contributed by atoms with E-state index in [-0.39, 0.29) is 30.1 Å². The van der Waals surface area contributed by atoms with Gasteiger partial charge in [-0.05, 0) is 50.3 Å². The number of hydrogen-bond acceptors (Lipinski definition) is 3. The average molecular weight is 348 g/mol. The molecular formula is C19H25FN2O3. The molecule has 2 fully saturated rings. The fourth-order valence-corrected chi connectivity index (χ4v) is 3.52. The molecule has 3 rings (SSSR count). The molecule has 6 heteroatoms. The second-order valence-corrected chi connectivity index (χ2v) is 6.91. The highest BCUT2D eigenvalue weighted by atomic mass is 19.1. The van der Waals surface area contributed by atoms with Crippen molar-refractivity contribution in [1.29, 1.82) is 0 Å². The van der Waals surface area contributed by atoms with Gasteiger partial charge in [-0.2, -0.15) is 0 Å². The minimum Gasteiger partial charge on any atom is -0.481 e. The zero-order chi connectivity index (χ0) is 17.8. The van der Waals surface area contributed by atoms with Crippen molar-refractivity contribution in [1.82, 2.24) is 9.80 Å². The van der Waals surface area contributed by atoms with E-state index in [1.165, 1.54) is 6.07 Å². The summed E-state index contributed by atoms with van der Waals surface area (Å²) in [5, 5.41) is 0. The maximum Gasteiger partial charge on any atom is 0.260 e. The van der Waals surface area contributed by atoms with E-state index < -0.39 is 5.82 Å². The number of rotatable bonds is 4. The van der Waals surface area contributed by atoms with E-state index in [1.807, 2.05) is 11.8 Å². The van der Waals surface area contributed by atoms with Gasteiger partial charge < -0.3 is 14.5 Å². The van der Waals surface area contributed by atoms with Gasteiger partial charge in [0.2, 0.25) is 5.91 Å². The molecule has 0 spiro atoms. The highest BCUT2D eigenvalue weighted by Crippen LogP contribution is 2.23. The van der Waals surface area contributed by atoms with Gasteiger partial charge in [0.05, 0.1) is 0 Å². The normalized spacial score (nSPS) is 18.5. The van der Waals surface area contributed by atoms with E-state index in [9.17, 15) is 14.0 Å². The topological polar surface area (TPSA) is 49.9 Å². The van der Waals surface area contributed by atoms with Crippen LogP contribution in [0.5, 0.6) is 5.75 Å². The lowest BCUT2D eigenvalue weighted by Crippen LogP contribution is -2.45. The number of nitrogens with zero attached hydrogens (tertiary/aromatic N) is 2. The Morgan fingerprint density at radius 3 is 2.48 bits per heavy atom. The summed E-state index contributed by atoms with van der Waals surface area (Å²) in [5.74, 6) is -0.256. The Morgan fingerprint density at radius 1 is 1.12 bits per heavy atom. The van der Waals surface area contributed by atoms with Crippen molar-refractivity contribution in [3.8, 4) is 5.75 Å². The largest absolute Gasteiger partial charge is 0.481 e. The molecule has 0 radical (unpaired) electrons. The molecule has 25 heavy (non-hydrogen) atoms. The fraction of sp³-hybridized carbons (Fsp3) is 0.579. The molecular weight excluding hydrogens is 323 g/mol. The van der Waals surface area contributed by atoms with Crippen LogP contribution in [0.25, 0.3) is 0 Å². The quantitative estimate of drug-likeness (QED) is 0.839. The van der Waals surface area contributed by atoms with Crippen LogP contribution in [0, 0.1) is 18.7 Å². The second kappa shape index (κ2) is 7.85. The SMILES string of the molecule is Cc1ccc(F)c(OCC(=O)N2CCC(C(=O)N3CCCC3)CC2)c1. The van der Waals surface area contributed by atoms with Crippen molar-refractivity contribution in [2.24, 2.45) is 5.92 Å². The van der Waals surface area contributed by atoms with E-state index in [0.717, 1.165) is 31.5 Å². The number of ether oxygens (including phenoxy) is 1. The Labute approximate surface area is 147 Å². The summed E-state index contributed by atoms with van der Waals surface area (Å²) in [6.45, 7) is 4.52. The third-order valence-electron chi connectivity index (χ3n) is 5.05. The van der Waals surface area contributed by atoms with Crippen LogP contribution in [0.2, 0.25) is 0 Å². The third kappa shape index (κ3) is 4.30. The minimum absolute atomic E-state index is 0.0253. The van der Waals surface area contributed by atoms with Crippen LogP contribution in [-0.2, 0) is 9.59 Å². The molecule has 2 saturated heterocycles. The monoisotopic (exact) mass is 348 g/mol. The zero-order valence-corrected chi connectivity index (χ0v) is 14.7. The van der Waals surface area contributed by atoms with Crippen molar-refractivity contribution in [2.75, 3.05) is 32.8 Å². The molecule has 0 bridgehead atoms. The minimum atomic E-state index is -0.465. The van der Waals surface area contributed by atoms with Crippen LogP contribution in [0.3, 0.4) is 0 Å². The van der Waals surface area contributed by atoms with Crippen molar-refractivity contribution < 1.29 is 18.7 Å². The molecule has 2 aliphatic heterocycles. The molecule has 0 saturated carbocycles. The highest BCUT2D eigenvalue weighted by Gasteiger charge is 2.31. The Hall–Kier alpha value is -2.11. The molecule has 0 unspecified atom stereocenters. The maximum atomic E-state index is 13.7. The van der Waals surface area contributed by atoms with Gasteiger partial charge >= 0.3 is 0 Å². The van der Waals surface area contributed by atoms with Crippen molar-refractivity contribution >= 4 is 11.8 Å². The molecule has 2 amide bonds. The smallest absolute Gasteiger partial charge is 0.260 e. The van der Waals surface area contributed by atoms with Crippen LogP contribution in [0.15, 0.2) is 18.2 Å². The van der Waals surface area contributed by atoms with Gasteiger partial charge in [0, 0.05) is 32.1 Å². The van der Waals surface area contributed by atoms with Gasteiger partial charge in [-0.3, -0.25) is 9.59 Å². The first-order valence-corrected chi connectivity index (χ1v) is 9.00. The number of carbonyl (C=O) groups excluding carboxylic acids is 2. The van der Waals surface area contributed by atoms with Crippen molar-refractivity contribution in [3.05, 3.63) is 29.6 Å². The summed E-state index contributed by atoms with van der Waals surface area (Å²) in [4.78, 5) is 28.4. The molecule has 0 aromatic heterocycles. The van der Waals surface area contributed by atoms with Gasteiger partial charge in [0.25, 0.3) is 5.91 Å². The van der Waals surface area contributed by atoms with Gasteiger partial charge in [0.1, 0.15) is 0 Å². The predicted octanol–water partition coefficient (Wildman–Crippen LogP) is 2.37. The molecule has 5 nitrogen and oxygen atoms in total. The lowest BCUT2D eigenvalue weighted by Gasteiger charge is -2.33. The number of carbonyl (C=O) groups is 2. The number of likely N-dealkylation sites (tertiary alicyclic amines) is 2. The van der Waals surface area contributed by atoms with E-state index >= 15 is 0 Å². The van der Waals surface area contributed by atoms with Crippen molar-refractivity contribution in [3.63, 3.8) is 0 Å². The van der Waals surface area contributed by atoms with Crippen molar-refractivity contribution in [2.45, 2.75) is 32.6 Å². The van der Waals surface area contributed by atoms with Crippen LogP contribution < -0.4 is 4.74 Å². The number of halogens is 1. The first kappa shape index (κ1) is 17.7. The van der Waals surface area contributed by atoms with E-state index in [0.29, 0.717) is 25.9 Å². The Bertz CT molecular complexity index is 636. The molecule has 1 aromatic carbocycles. The lowest BCUT2D eigenvalue weighted by molar-refractivity contribution is -0.140. The van der Waals surface area contributed by atoms with Gasteiger partial charge in [-0.15, -0.1) is 0 Å². The summed E-state index contributed by atoms with van der Waals surface area (Å²) < 4.78 is 19.0. The Kier molecular flexibility index (Phi) is 5.56. The maximum absolute atomic E-state index is 13.7. The van der Waals surface area contributed by atoms with Gasteiger partial charge in [-0.1, -0.05) is 6.07 Å². The Morgan fingerprint density at radius 2 is 1.80 bits per heavy atom. The molecule has 0 aliphatic carbocycles. The predicted molar refractivity (Wildman–Crippen MR) is 91.8 cm³/mol. The molecule has 1 aromatic rings. The van der Waals surface area contributed by atoms with Crippen LogP contribution in [0.4, 0.5) is 4.39 Å². The number of benzene rings is 1. The van der Waals surface area contributed by atoms with Gasteiger partial charge in [-0.25, -0.2) is 4.39 Å². The van der Waals surface area contributed by atoms with Crippen LogP contribution >= 0.6 is 0 Å². The molecule has 136 valence electrons. The third-order valence-corrected chi connectivity index (χ3v) is 5.05. The molecule has 0 atom stereocenters. The zero-order valence-electron chi connectivity index (χ0n) is 14.7. The number of piperidine rings is 1. The average Bonchev–Trinajstić information content (AvgIpc) is 3.16. The van der Waals surface area contributed by atoms with E-state index in [2.05, 4.69) is 0 Å². The summed E-state index contributed by atoms with van der Waals surface area (Å²) in [5.41, 5.74) is 0.880. The molecule has 2 heterocycles. The van der Waals surface area contributed by atoms with E-state index in [1.54, 1.807) is 17.0 Å². The standard InChI is InChI=1S/C19H25FN2O3/c1-14-4-5-16(20)17(12-14)25-13-18(23)21-10-6-15(7-11-21)19(24)22-8-2-3-9-22/h4-5,12,15H,2-3,6-11,13H2,1H3. The van der Waals surface area contributed by atoms with Crippen LogP contribution in [0.1, 0.15) is 31.2 Å². The highest BCUT2D eigenvalue weighted by molar-refractivity contribution is 5.81. The first-order valence-electron chi connectivity index (χ1n) is 9.00. The summed E-state index contributed by atoms with van der Waals surface area (Å²) in [6, 6.07) is 4.58. The van der Waals surface area contributed by atoms with Crippen LogP contribution in [-0.4, -0.2) is 54.4 Å². The number of amides is 2. The number of hydrogen-bond donors (Lipinski definition) is 0. The van der Waals surface area contributed by atoms with Gasteiger partial charge in [0.15, 0.2) is 18.2 Å². The summed E-state index contributed by atoms with van der Waals surface area (Å²) >= 11 is 0. The number of aryl methyl sites for hydroxylation is 1. The second-order valence-electron chi connectivity index (χ2n) is 6.91. The first-order chi connectivity index (χ1) is 12.0. The fourth-order valence-electron chi connectivity index (χ4n) is 3.52. The lowest BCUT2D eigenvalue weighted by atomic mass is 9.95. The summed E-state index contributed by atoms with van der Waals surface area (Å²) in [7, 11) is 0.